The summed E-state index contributed by atoms with van der Waals surface area (Å²) in [6.07, 6.45) is -0.842. The van der Waals surface area contributed by atoms with Gasteiger partial charge in [0.1, 0.15) is 10.7 Å². The number of benzene rings is 1. The van der Waals surface area contributed by atoms with Gasteiger partial charge in [0, 0.05) is 56.1 Å². The van der Waals surface area contributed by atoms with E-state index in [0.29, 0.717) is 23.7 Å². The van der Waals surface area contributed by atoms with Crippen LogP contribution in [0.1, 0.15) is 21.6 Å². The lowest BCUT2D eigenvalue weighted by Crippen LogP contribution is -2.48. The molecule has 1 aliphatic rings. The van der Waals surface area contributed by atoms with Gasteiger partial charge in [0.25, 0.3) is 5.91 Å². The fourth-order valence-corrected chi connectivity index (χ4v) is 4.14. The van der Waals surface area contributed by atoms with Gasteiger partial charge < -0.3 is 4.90 Å². The SMILES string of the molecule is O=C(c1csc(-c2cccc(C(F)(F)F)c2)n1)N1CCN(Cc2cccnc2)CC1. The lowest BCUT2D eigenvalue weighted by atomic mass is 10.1. The van der Waals surface area contributed by atoms with Crippen molar-refractivity contribution in [3.8, 4) is 10.6 Å². The van der Waals surface area contributed by atoms with Gasteiger partial charge in [0.05, 0.1) is 5.56 Å². The van der Waals surface area contributed by atoms with E-state index in [4.69, 9.17) is 0 Å². The largest absolute Gasteiger partial charge is 0.416 e. The normalized spacial score (nSPS) is 15.4. The van der Waals surface area contributed by atoms with Crippen molar-refractivity contribution in [2.45, 2.75) is 12.7 Å². The summed E-state index contributed by atoms with van der Waals surface area (Å²) in [5.74, 6) is -0.189. The molecule has 0 saturated carbocycles. The highest BCUT2D eigenvalue weighted by Crippen LogP contribution is 2.33. The van der Waals surface area contributed by atoms with Crippen LogP contribution in [-0.2, 0) is 12.7 Å². The minimum atomic E-state index is -4.42. The number of carbonyl (C=O) groups excluding carboxylic acids is 1. The number of carbonyl (C=O) groups is 1. The highest BCUT2D eigenvalue weighted by molar-refractivity contribution is 7.13. The number of aromatic nitrogens is 2. The Kier molecular flexibility index (Phi) is 5.83. The second-order valence-electron chi connectivity index (χ2n) is 7.05. The van der Waals surface area contributed by atoms with E-state index < -0.39 is 11.7 Å². The van der Waals surface area contributed by atoms with Crippen LogP contribution in [0.15, 0.2) is 54.2 Å². The topological polar surface area (TPSA) is 49.3 Å². The molecule has 0 spiro atoms. The van der Waals surface area contributed by atoms with Crippen molar-refractivity contribution in [2.24, 2.45) is 0 Å². The number of halogens is 3. The summed E-state index contributed by atoms with van der Waals surface area (Å²) >= 11 is 1.17. The van der Waals surface area contributed by atoms with Crippen LogP contribution in [0.25, 0.3) is 10.6 Å². The van der Waals surface area contributed by atoms with Crippen molar-refractivity contribution in [3.05, 3.63) is 71.0 Å². The van der Waals surface area contributed by atoms with E-state index in [-0.39, 0.29) is 11.6 Å². The number of hydrogen-bond donors (Lipinski definition) is 0. The molecule has 30 heavy (non-hydrogen) atoms. The van der Waals surface area contributed by atoms with Gasteiger partial charge in [-0.1, -0.05) is 18.2 Å². The Hall–Kier alpha value is -2.78. The zero-order valence-electron chi connectivity index (χ0n) is 16.0. The standard InChI is InChI=1S/C21H19F3N4OS/c22-21(23,24)17-5-1-4-16(11-17)19-26-18(14-30-19)20(29)28-9-7-27(8-10-28)13-15-3-2-6-25-12-15/h1-6,11-12,14H,7-10,13H2. The third-order valence-electron chi connectivity index (χ3n) is 4.95. The van der Waals surface area contributed by atoms with Crippen LogP contribution in [0.5, 0.6) is 0 Å². The number of thiazole rings is 1. The fourth-order valence-electron chi connectivity index (χ4n) is 3.35. The van der Waals surface area contributed by atoms with Crippen molar-refractivity contribution >= 4 is 17.2 Å². The molecule has 3 aromatic rings. The molecule has 0 radical (unpaired) electrons. The van der Waals surface area contributed by atoms with E-state index in [9.17, 15) is 18.0 Å². The molecule has 2 aromatic heterocycles. The molecule has 1 saturated heterocycles. The number of pyridine rings is 1. The predicted molar refractivity (Wildman–Crippen MR) is 108 cm³/mol. The van der Waals surface area contributed by atoms with Crippen LogP contribution in [0.2, 0.25) is 0 Å². The number of nitrogens with zero attached hydrogens (tertiary/aromatic N) is 4. The summed E-state index contributed by atoms with van der Waals surface area (Å²) < 4.78 is 38.8. The minimum Gasteiger partial charge on any atom is -0.335 e. The van der Waals surface area contributed by atoms with Gasteiger partial charge in [0.2, 0.25) is 0 Å². The van der Waals surface area contributed by atoms with Crippen molar-refractivity contribution in [1.29, 1.82) is 0 Å². The number of hydrogen-bond acceptors (Lipinski definition) is 5. The van der Waals surface area contributed by atoms with Crippen molar-refractivity contribution in [3.63, 3.8) is 0 Å². The summed E-state index contributed by atoms with van der Waals surface area (Å²) in [5, 5.41) is 2.01. The highest BCUT2D eigenvalue weighted by Gasteiger charge is 2.31. The number of piperazine rings is 1. The maximum absolute atomic E-state index is 12.9. The summed E-state index contributed by atoms with van der Waals surface area (Å²) in [7, 11) is 0. The van der Waals surface area contributed by atoms with E-state index >= 15 is 0 Å². The molecule has 0 unspecified atom stereocenters. The first-order valence-corrected chi connectivity index (χ1v) is 10.3. The predicted octanol–water partition coefficient (Wildman–Crippen LogP) is 4.18. The molecule has 1 amide bonds. The van der Waals surface area contributed by atoms with Gasteiger partial charge in [0.15, 0.2) is 0 Å². The first kappa shape index (κ1) is 20.5. The van der Waals surface area contributed by atoms with Gasteiger partial charge in [-0.25, -0.2) is 4.98 Å². The Morgan fingerprint density at radius 3 is 2.60 bits per heavy atom. The van der Waals surface area contributed by atoms with Crippen molar-refractivity contribution in [1.82, 2.24) is 19.8 Å². The molecule has 4 rings (SSSR count). The Balaban J connectivity index is 1.39. The van der Waals surface area contributed by atoms with Crippen LogP contribution >= 0.6 is 11.3 Å². The second-order valence-corrected chi connectivity index (χ2v) is 7.90. The lowest BCUT2D eigenvalue weighted by Gasteiger charge is -2.34. The Labute approximate surface area is 175 Å². The third kappa shape index (κ3) is 4.68. The van der Waals surface area contributed by atoms with Crippen LogP contribution < -0.4 is 0 Å². The molecular weight excluding hydrogens is 413 g/mol. The first-order chi connectivity index (χ1) is 14.4. The molecule has 3 heterocycles. The molecular formula is C21H19F3N4OS. The molecule has 1 aliphatic heterocycles. The summed E-state index contributed by atoms with van der Waals surface area (Å²) in [4.78, 5) is 25.2. The molecule has 0 N–H and O–H groups in total. The van der Waals surface area contributed by atoms with Crippen molar-refractivity contribution in [2.75, 3.05) is 26.2 Å². The second kappa shape index (κ2) is 8.53. The number of rotatable bonds is 4. The summed E-state index contributed by atoms with van der Waals surface area (Å²) in [5.41, 5.74) is 1.03. The lowest BCUT2D eigenvalue weighted by molar-refractivity contribution is -0.137. The summed E-state index contributed by atoms with van der Waals surface area (Å²) in [6.45, 7) is 3.42. The van der Waals surface area contributed by atoms with Crippen LogP contribution in [-0.4, -0.2) is 51.9 Å². The molecule has 9 heteroatoms. The van der Waals surface area contributed by atoms with Gasteiger partial charge >= 0.3 is 6.18 Å². The molecule has 0 aliphatic carbocycles. The number of amides is 1. The average Bonchev–Trinajstić information content (AvgIpc) is 3.24. The van der Waals surface area contributed by atoms with Crippen LogP contribution in [0, 0.1) is 0 Å². The van der Waals surface area contributed by atoms with Gasteiger partial charge in [-0.2, -0.15) is 13.2 Å². The van der Waals surface area contributed by atoms with E-state index in [2.05, 4.69) is 14.9 Å². The van der Waals surface area contributed by atoms with E-state index in [1.807, 2.05) is 18.3 Å². The molecule has 156 valence electrons. The quantitative estimate of drug-likeness (QED) is 0.621. The Bertz CT molecular complexity index is 1010. The smallest absolute Gasteiger partial charge is 0.335 e. The van der Waals surface area contributed by atoms with Crippen LogP contribution in [0.4, 0.5) is 13.2 Å². The van der Waals surface area contributed by atoms with E-state index in [1.54, 1.807) is 22.5 Å². The first-order valence-electron chi connectivity index (χ1n) is 9.44. The molecule has 0 atom stereocenters. The monoisotopic (exact) mass is 432 g/mol. The number of alkyl halides is 3. The molecule has 1 fully saturated rings. The molecule has 5 nitrogen and oxygen atoms in total. The zero-order chi connectivity index (χ0) is 21.1. The van der Waals surface area contributed by atoms with Crippen LogP contribution in [0.3, 0.4) is 0 Å². The van der Waals surface area contributed by atoms with Gasteiger partial charge in [-0.3, -0.25) is 14.7 Å². The summed E-state index contributed by atoms with van der Waals surface area (Å²) in [6, 6.07) is 8.93. The van der Waals surface area contributed by atoms with E-state index in [1.165, 1.54) is 17.4 Å². The molecule has 1 aromatic carbocycles. The maximum atomic E-state index is 12.9. The van der Waals surface area contributed by atoms with Gasteiger partial charge in [-0.15, -0.1) is 11.3 Å². The van der Waals surface area contributed by atoms with E-state index in [0.717, 1.165) is 37.3 Å². The Morgan fingerprint density at radius 2 is 1.90 bits per heavy atom. The minimum absolute atomic E-state index is 0.189. The maximum Gasteiger partial charge on any atom is 0.416 e. The molecule has 0 bridgehead atoms. The Morgan fingerprint density at radius 1 is 1.10 bits per heavy atom. The average molecular weight is 432 g/mol. The fraction of sp³-hybridized carbons (Fsp3) is 0.286. The van der Waals surface area contributed by atoms with Crippen molar-refractivity contribution < 1.29 is 18.0 Å². The zero-order valence-corrected chi connectivity index (χ0v) is 16.8. The third-order valence-corrected chi connectivity index (χ3v) is 5.84. The highest BCUT2D eigenvalue weighted by atomic mass is 32.1. The van der Waals surface area contributed by atoms with Gasteiger partial charge in [-0.05, 0) is 23.8 Å².